The number of phenolic OH excluding ortho intramolecular Hbond substituents is 1. The van der Waals surface area contributed by atoms with Crippen molar-refractivity contribution in [1.29, 1.82) is 0 Å². The first-order valence-corrected chi connectivity index (χ1v) is 12.6. The second-order valence-electron chi connectivity index (χ2n) is 10.2. The van der Waals surface area contributed by atoms with Crippen molar-refractivity contribution in [3.8, 4) is 11.5 Å². The minimum absolute atomic E-state index is 0.0286. The molecule has 0 spiro atoms. The zero-order valence-electron chi connectivity index (χ0n) is 22.1. The average Bonchev–Trinajstić information content (AvgIpc) is 2.80. The van der Waals surface area contributed by atoms with E-state index in [0.29, 0.717) is 12.2 Å². The summed E-state index contributed by atoms with van der Waals surface area (Å²) in [4.78, 5) is 24.4. The molecule has 6 nitrogen and oxygen atoms in total. The van der Waals surface area contributed by atoms with Crippen LogP contribution in [-0.2, 0) is 20.4 Å². The number of hydrogen-bond donors (Lipinski definition) is 3. The summed E-state index contributed by atoms with van der Waals surface area (Å²) in [5.41, 5.74) is 2.60. The van der Waals surface area contributed by atoms with Gasteiger partial charge in [-0.3, -0.25) is 9.59 Å². The third kappa shape index (κ3) is 6.91. The Morgan fingerprint density at radius 2 is 1.60 bits per heavy atom. The van der Waals surface area contributed by atoms with Crippen LogP contribution in [0.1, 0.15) is 85.8 Å². The van der Waals surface area contributed by atoms with Crippen LogP contribution in [0.3, 0.4) is 0 Å². The highest BCUT2D eigenvalue weighted by atomic mass is 35.5. The number of phenols is 1. The summed E-state index contributed by atoms with van der Waals surface area (Å²) in [7, 11) is 0. The van der Waals surface area contributed by atoms with Gasteiger partial charge >= 0.3 is 0 Å². The van der Waals surface area contributed by atoms with E-state index in [1.807, 2.05) is 13.0 Å². The molecule has 0 aromatic heterocycles. The Kier molecular flexibility index (Phi) is 9.23. The number of hydrogen-bond acceptors (Lipinski definition) is 4. The van der Waals surface area contributed by atoms with E-state index in [-0.39, 0.29) is 44.8 Å². The van der Waals surface area contributed by atoms with Gasteiger partial charge in [-0.05, 0) is 47.8 Å². The number of ether oxygens (including phenoxy) is 1. The van der Waals surface area contributed by atoms with Gasteiger partial charge in [0, 0.05) is 18.6 Å². The van der Waals surface area contributed by atoms with E-state index in [2.05, 4.69) is 64.3 Å². The lowest BCUT2D eigenvalue weighted by molar-refractivity contribution is -0.122. The molecule has 0 aliphatic heterocycles. The number of anilines is 2. The molecule has 1 unspecified atom stereocenters. The molecule has 0 heterocycles. The molecule has 7 heteroatoms. The zero-order chi connectivity index (χ0) is 26.6. The van der Waals surface area contributed by atoms with Crippen molar-refractivity contribution < 1.29 is 19.4 Å². The summed E-state index contributed by atoms with van der Waals surface area (Å²) in [6, 6.07) is 8.96. The minimum Gasteiger partial charge on any atom is -0.506 e. The van der Waals surface area contributed by atoms with Crippen molar-refractivity contribution in [2.45, 2.75) is 91.6 Å². The van der Waals surface area contributed by atoms with Crippen molar-refractivity contribution in [2.24, 2.45) is 0 Å². The second-order valence-corrected chi connectivity index (χ2v) is 10.6. The summed E-state index contributed by atoms with van der Waals surface area (Å²) < 4.78 is 6.29. The van der Waals surface area contributed by atoms with E-state index in [9.17, 15) is 14.7 Å². The van der Waals surface area contributed by atoms with Gasteiger partial charge in [0.05, 0.1) is 16.4 Å². The molecule has 0 bridgehead atoms. The van der Waals surface area contributed by atoms with Gasteiger partial charge in [0.25, 0.3) is 5.91 Å². The van der Waals surface area contributed by atoms with E-state index < -0.39 is 6.10 Å². The highest BCUT2D eigenvalue weighted by molar-refractivity contribution is 6.34. The fourth-order valence-electron chi connectivity index (χ4n) is 3.61. The molecule has 0 radical (unpaired) electrons. The molecule has 35 heavy (non-hydrogen) atoms. The van der Waals surface area contributed by atoms with E-state index >= 15 is 0 Å². The smallest absolute Gasteiger partial charge is 0.265 e. The molecule has 0 aliphatic rings. The van der Waals surface area contributed by atoms with Crippen LogP contribution in [0.5, 0.6) is 11.5 Å². The number of carbonyl (C=O) groups is 2. The predicted octanol–water partition coefficient (Wildman–Crippen LogP) is 7.18. The third-order valence-corrected chi connectivity index (χ3v) is 7.16. The lowest BCUT2D eigenvalue weighted by atomic mass is 9.76. The molecule has 0 saturated carbocycles. The predicted molar refractivity (Wildman–Crippen MR) is 144 cm³/mol. The molecule has 2 aromatic rings. The monoisotopic (exact) mass is 502 g/mol. The summed E-state index contributed by atoms with van der Waals surface area (Å²) in [5, 5.41) is 15.7. The van der Waals surface area contributed by atoms with Crippen LogP contribution in [0.4, 0.5) is 11.4 Å². The van der Waals surface area contributed by atoms with Crippen LogP contribution in [0.2, 0.25) is 5.02 Å². The molecule has 2 amide bonds. The Labute approximate surface area is 214 Å². The normalized spacial score (nSPS) is 12.7. The molecule has 1 atom stereocenters. The maximum absolute atomic E-state index is 13.1. The molecule has 2 aromatic carbocycles. The number of rotatable bonds is 10. The SMILES string of the molecule is CCC(Oc1ccc(C(C)(C)CC)cc1C(C)(C)CC)C(=O)Nc1cc(O)c(NC(C)=O)cc1Cl. The quantitative estimate of drug-likeness (QED) is 0.300. The van der Waals surface area contributed by atoms with E-state index in [1.165, 1.54) is 24.6 Å². The molecule has 3 N–H and O–H groups in total. The second kappa shape index (κ2) is 11.3. The van der Waals surface area contributed by atoms with Crippen LogP contribution in [0.15, 0.2) is 30.3 Å². The van der Waals surface area contributed by atoms with Crippen LogP contribution in [0.25, 0.3) is 0 Å². The van der Waals surface area contributed by atoms with Crippen LogP contribution in [-0.4, -0.2) is 23.0 Å². The first kappa shape index (κ1) is 28.5. The topological polar surface area (TPSA) is 87.7 Å². The van der Waals surface area contributed by atoms with Crippen LogP contribution < -0.4 is 15.4 Å². The van der Waals surface area contributed by atoms with Crippen molar-refractivity contribution >= 4 is 34.8 Å². The van der Waals surface area contributed by atoms with Gasteiger partial charge < -0.3 is 20.5 Å². The van der Waals surface area contributed by atoms with Gasteiger partial charge in [-0.2, -0.15) is 0 Å². The average molecular weight is 503 g/mol. The highest BCUT2D eigenvalue weighted by Gasteiger charge is 2.29. The largest absolute Gasteiger partial charge is 0.506 e. The van der Waals surface area contributed by atoms with Crippen molar-refractivity contribution in [3.05, 3.63) is 46.5 Å². The van der Waals surface area contributed by atoms with Gasteiger partial charge in [0.2, 0.25) is 5.91 Å². The summed E-state index contributed by atoms with van der Waals surface area (Å²) in [6.07, 6.45) is 1.60. The fraction of sp³-hybridized carbons (Fsp3) is 0.500. The van der Waals surface area contributed by atoms with Gasteiger partial charge in [-0.25, -0.2) is 0 Å². The number of amides is 2. The van der Waals surface area contributed by atoms with Gasteiger partial charge in [-0.1, -0.05) is 72.2 Å². The van der Waals surface area contributed by atoms with Crippen molar-refractivity contribution in [1.82, 2.24) is 0 Å². The molecule has 0 fully saturated rings. The minimum atomic E-state index is -0.764. The summed E-state index contributed by atoms with van der Waals surface area (Å²) in [6.45, 7) is 16.3. The van der Waals surface area contributed by atoms with Crippen LogP contribution in [0, 0.1) is 0 Å². The lowest BCUT2D eigenvalue weighted by Crippen LogP contribution is -2.33. The molecular formula is C28H39ClN2O4. The Morgan fingerprint density at radius 1 is 0.971 bits per heavy atom. The zero-order valence-corrected chi connectivity index (χ0v) is 22.9. The maximum Gasteiger partial charge on any atom is 0.265 e. The standard InChI is InChI=1S/C28H39ClN2O4/c1-9-24(26(34)31-21-16-23(33)22(15-20(21)29)30-17(4)32)35-25-13-12-18(27(5,6)10-2)14-19(25)28(7,8)11-3/h12-16,24,33H,9-11H2,1-8H3,(H,30,32)(H,31,34). The number of carbonyl (C=O) groups excluding carboxylic acids is 2. The first-order chi connectivity index (χ1) is 16.2. The maximum atomic E-state index is 13.1. The molecule has 0 aliphatic carbocycles. The molecule has 2 rings (SSSR count). The molecular weight excluding hydrogens is 464 g/mol. The first-order valence-electron chi connectivity index (χ1n) is 12.2. The van der Waals surface area contributed by atoms with Gasteiger partial charge in [0.15, 0.2) is 6.10 Å². The Balaban J connectivity index is 2.35. The molecule has 192 valence electrons. The fourth-order valence-corrected chi connectivity index (χ4v) is 3.82. The van der Waals surface area contributed by atoms with E-state index in [1.54, 1.807) is 0 Å². The Hall–Kier alpha value is -2.73. The third-order valence-electron chi connectivity index (χ3n) is 6.84. The highest BCUT2D eigenvalue weighted by Crippen LogP contribution is 2.39. The Morgan fingerprint density at radius 3 is 2.14 bits per heavy atom. The van der Waals surface area contributed by atoms with Gasteiger partial charge in [-0.15, -0.1) is 0 Å². The number of nitrogens with one attached hydrogen (secondary N) is 2. The summed E-state index contributed by atoms with van der Waals surface area (Å²) in [5.74, 6) is -0.231. The van der Waals surface area contributed by atoms with Crippen molar-refractivity contribution in [2.75, 3.05) is 10.6 Å². The molecule has 0 saturated heterocycles. The Bertz CT molecular complexity index is 1080. The van der Waals surface area contributed by atoms with E-state index in [4.69, 9.17) is 16.3 Å². The summed E-state index contributed by atoms with van der Waals surface area (Å²) >= 11 is 6.30. The number of aromatic hydroxyl groups is 1. The number of halogens is 1. The van der Waals surface area contributed by atoms with Crippen LogP contribution >= 0.6 is 11.6 Å². The van der Waals surface area contributed by atoms with Crippen molar-refractivity contribution in [3.63, 3.8) is 0 Å². The lowest BCUT2D eigenvalue weighted by Gasteiger charge is -2.31. The number of benzene rings is 2. The van der Waals surface area contributed by atoms with Gasteiger partial charge in [0.1, 0.15) is 11.5 Å². The van der Waals surface area contributed by atoms with E-state index in [0.717, 1.165) is 18.4 Å².